The minimum atomic E-state index is -0.507. The molecule has 0 radical (unpaired) electrons. The number of nitrogens with one attached hydrogen (secondary N) is 1. The predicted molar refractivity (Wildman–Crippen MR) is 62.0 cm³/mol. The zero-order chi connectivity index (χ0) is 12.1. The first-order chi connectivity index (χ1) is 7.49. The maximum absolute atomic E-state index is 11.6. The van der Waals surface area contributed by atoms with Crippen LogP contribution in [-0.4, -0.2) is 40.3 Å². The summed E-state index contributed by atoms with van der Waals surface area (Å²) in [5, 5.41) is 11.9. The molecule has 0 aromatic carbocycles. The van der Waals surface area contributed by atoms with Crippen LogP contribution >= 0.6 is 0 Å². The molecule has 0 fully saturated rings. The highest BCUT2D eigenvalue weighted by Crippen LogP contribution is 1.99. The van der Waals surface area contributed by atoms with E-state index in [-0.39, 0.29) is 6.03 Å². The number of aromatic nitrogens is 1. The van der Waals surface area contributed by atoms with Gasteiger partial charge in [-0.3, -0.25) is 0 Å². The van der Waals surface area contributed by atoms with Crippen molar-refractivity contribution >= 4 is 6.03 Å². The molecule has 0 saturated carbocycles. The Morgan fingerprint density at radius 1 is 1.69 bits per heavy atom. The molecule has 2 N–H and O–H groups in total. The van der Waals surface area contributed by atoms with Gasteiger partial charge in [0.15, 0.2) is 0 Å². The van der Waals surface area contributed by atoms with Gasteiger partial charge in [0, 0.05) is 39.6 Å². The first-order valence-electron chi connectivity index (χ1n) is 5.27. The summed E-state index contributed by atoms with van der Waals surface area (Å²) in [7, 11) is 3.60. The van der Waals surface area contributed by atoms with E-state index in [2.05, 4.69) is 5.32 Å². The molecule has 0 aliphatic carbocycles. The quantitative estimate of drug-likeness (QED) is 0.786. The van der Waals surface area contributed by atoms with Crippen molar-refractivity contribution in [3.63, 3.8) is 0 Å². The Morgan fingerprint density at radius 3 is 2.88 bits per heavy atom. The smallest absolute Gasteiger partial charge is 0.317 e. The summed E-state index contributed by atoms with van der Waals surface area (Å²) in [6.45, 7) is 2.49. The molecular formula is C11H19N3O2. The Bertz CT molecular complexity index is 347. The first kappa shape index (κ1) is 12.6. The maximum Gasteiger partial charge on any atom is 0.317 e. The van der Waals surface area contributed by atoms with Gasteiger partial charge in [-0.1, -0.05) is 0 Å². The molecule has 0 aliphatic heterocycles. The molecule has 16 heavy (non-hydrogen) atoms. The van der Waals surface area contributed by atoms with E-state index in [4.69, 9.17) is 5.11 Å². The summed E-state index contributed by atoms with van der Waals surface area (Å²) >= 11 is 0. The van der Waals surface area contributed by atoms with Gasteiger partial charge in [-0.2, -0.15) is 0 Å². The molecule has 2 amide bonds. The predicted octanol–water partition coefficient (Wildman–Crippen LogP) is 0.547. The molecule has 1 unspecified atom stereocenters. The number of carbonyl (C=O) groups is 1. The van der Waals surface area contributed by atoms with E-state index in [0.717, 1.165) is 5.56 Å². The van der Waals surface area contributed by atoms with Crippen molar-refractivity contribution in [2.75, 3.05) is 13.6 Å². The number of hydrogen-bond acceptors (Lipinski definition) is 2. The third-order valence-corrected chi connectivity index (χ3v) is 2.22. The van der Waals surface area contributed by atoms with Gasteiger partial charge in [0.2, 0.25) is 0 Å². The second kappa shape index (κ2) is 5.55. The Morgan fingerprint density at radius 2 is 2.38 bits per heavy atom. The summed E-state index contributed by atoms with van der Waals surface area (Å²) in [5.74, 6) is 0. The van der Waals surface area contributed by atoms with Crippen LogP contribution in [-0.2, 0) is 13.6 Å². The normalized spacial score (nSPS) is 12.2. The lowest BCUT2D eigenvalue weighted by Gasteiger charge is -2.19. The van der Waals surface area contributed by atoms with Crippen molar-refractivity contribution in [1.82, 2.24) is 14.8 Å². The molecule has 1 aromatic rings. The lowest BCUT2D eigenvalue weighted by atomic mass is 10.3. The third-order valence-electron chi connectivity index (χ3n) is 2.22. The zero-order valence-electron chi connectivity index (χ0n) is 9.97. The van der Waals surface area contributed by atoms with Crippen molar-refractivity contribution in [1.29, 1.82) is 0 Å². The number of rotatable bonds is 4. The van der Waals surface area contributed by atoms with Crippen molar-refractivity contribution in [3.8, 4) is 0 Å². The maximum atomic E-state index is 11.6. The minimum absolute atomic E-state index is 0.176. The Labute approximate surface area is 95.7 Å². The Hall–Kier alpha value is -1.49. The van der Waals surface area contributed by atoms with Crippen LogP contribution in [0.1, 0.15) is 12.5 Å². The van der Waals surface area contributed by atoms with Gasteiger partial charge < -0.3 is 19.9 Å². The van der Waals surface area contributed by atoms with Crippen molar-refractivity contribution in [3.05, 3.63) is 24.0 Å². The number of urea groups is 1. The van der Waals surface area contributed by atoms with E-state index in [1.165, 1.54) is 4.90 Å². The van der Waals surface area contributed by atoms with Crippen molar-refractivity contribution in [2.45, 2.75) is 19.6 Å². The largest absolute Gasteiger partial charge is 0.392 e. The number of aliphatic hydroxyl groups is 1. The minimum Gasteiger partial charge on any atom is -0.392 e. The van der Waals surface area contributed by atoms with Gasteiger partial charge in [-0.15, -0.1) is 0 Å². The van der Waals surface area contributed by atoms with Crippen LogP contribution in [0.2, 0.25) is 0 Å². The summed E-state index contributed by atoms with van der Waals surface area (Å²) < 4.78 is 1.93. The molecule has 5 heteroatoms. The van der Waals surface area contributed by atoms with Crippen molar-refractivity contribution in [2.24, 2.45) is 7.05 Å². The van der Waals surface area contributed by atoms with Crippen molar-refractivity contribution < 1.29 is 9.90 Å². The number of amides is 2. The summed E-state index contributed by atoms with van der Waals surface area (Å²) in [6.07, 6.45) is 3.38. The monoisotopic (exact) mass is 225 g/mol. The molecule has 1 rings (SSSR count). The van der Waals surface area contributed by atoms with Gasteiger partial charge in [0.25, 0.3) is 0 Å². The molecule has 1 aromatic heterocycles. The highest BCUT2D eigenvalue weighted by molar-refractivity contribution is 5.73. The van der Waals surface area contributed by atoms with Crippen LogP contribution < -0.4 is 5.32 Å². The molecule has 1 atom stereocenters. The topological polar surface area (TPSA) is 57.5 Å². The van der Waals surface area contributed by atoms with E-state index in [9.17, 15) is 4.79 Å². The van der Waals surface area contributed by atoms with E-state index in [1.54, 1.807) is 14.0 Å². The number of carbonyl (C=O) groups excluding carboxylic acids is 1. The van der Waals surface area contributed by atoms with E-state index >= 15 is 0 Å². The highest BCUT2D eigenvalue weighted by Gasteiger charge is 2.09. The molecule has 0 aliphatic rings. The molecule has 0 spiro atoms. The average Bonchev–Trinajstić information content (AvgIpc) is 2.59. The van der Waals surface area contributed by atoms with Gasteiger partial charge in [0.05, 0.1) is 6.10 Å². The number of nitrogens with zero attached hydrogens (tertiary/aromatic N) is 2. The van der Waals surface area contributed by atoms with Crippen LogP contribution in [0, 0.1) is 0 Å². The van der Waals surface area contributed by atoms with E-state index in [0.29, 0.717) is 13.1 Å². The SMILES string of the molecule is CC(O)CN(C)C(=O)NCc1ccn(C)c1. The summed E-state index contributed by atoms with van der Waals surface area (Å²) in [6, 6.07) is 1.78. The average molecular weight is 225 g/mol. The zero-order valence-corrected chi connectivity index (χ0v) is 9.97. The van der Waals surface area contributed by atoms with E-state index in [1.807, 2.05) is 30.1 Å². The lowest BCUT2D eigenvalue weighted by molar-refractivity contribution is 0.143. The Balaban J connectivity index is 2.35. The standard InChI is InChI=1S/C11H19N3O2/c1-9(15)7-14(3)11(16)12-6-10-4-5-13(2)8-10/h4-5,8-9,15H,6-7H2,1-3H3,(H,12,16). The molecule has 1 heterocycles. The fourth-order valence-electron chi connectivity index (χ4n) is 1.46. The molecule has 90 valence electrons. The lowest BCUT2D eigenvalue weighted by Crippen LogP contribution is -2.40. The summed E-state index contributed by atoms with van der Waals surface area (Å²) in [4.78, 5) is 13.0. The summed E-state index contributed by atoms with van der Waals surface area (Å²) in [5.41, 5.74) is 1.06. The van der Waals surface area contributed by atoms with E-state index < -0.39 is 6.10 Å². The fourth-order valence-corrected chi connectivity index (χ4v) is 1.46. The molecule has 5 nitrogen and oxygen atoms in total. The van der Waals surface area contributed by atoms with Crippen LogP contribution in [0.4, 0.5) is 4.79 Å². The van der Waals surface area contributed by atoms with Crippen LogP contribution in [0.5, 0.6) is 0 Å². The molecular weight excluding hydrogens is 206 g/mol. The van der Waals surface area contributed by atoms with Crippen LogP contribution in [0.3, 0.4) is 0 Å². The number of likely N-dealkylation sites (N-methyl/N-ethyl adjacent to an activating group) is 1. The highest BCUT2D eigenvalue weighted by atomic mass is 16.3. The van der Waals surface area contributed by atoms with Gasteiger partial charge in [-0.25, -0.2) is 4.79 Å². The number of aliphatic hydroxyl groups excluding tert-OH is 1. The van der Waals surface area contributed by atoms with Crippen LogP contribution in [0.25, 0.3) is 0 Å². The van der Waals surface area contributed by atoms with Gasteiger partial charge >= 0.3 is 6.03 Å². The number of aryl methyl sites for hydroxylation is 1. The first-order valence-corrected chi connectivity index (χ1v) is 5.27. The third kappa shape index (κ3) is 3.94. The molecule has 0 bridgehead atoms. The van der Waals surface area contributed by atoms with Gasteiger partial charge in [-0.05, 0) is 18.6 Å². The Kier molecular flexibility index (Phi) is 4.37. The number of hydrogen-bond donors (Lipinski definition) is 2. The van der Waals surface area contributed by atoms with Crippen LogP contribution in [0.15, 0.2) is 18.5 Å². The van der Waals surface area contributed by atoms with Gasteiger partial charge in [0.1, 0.15) is 0 Å². The second-order valence-electron chi connectivity index (χ2n) is 4.07. The fraction of sp³-hybridized carbons (Fsp3) is 0.545. The molecule has 0 saturated heterocycles. The second-order valence-corrected chi connectivity index (χ2v) is 4.07.